The molecule has 81 valence electrons. The summed E-state index contributed by atoms with van der Waals surface area (Å²) in [5, 5.41) is 0.801. The lowest BCUT2D eigenvalue weighted by Gasteiger charge is -2.35. The third kappa shape index (κ3) is 2.64. The number of hydrogen-bond donors (Lipinski definition) is 0. The van der Waals surface area contributed by atoms with Gasteiger partial charge in [-0.3, -0.25) is 4.90 Å². The van der Waals surface area contributed by atoms with Gasteiger partial charge in [0.05, 0.1) is 0 Å². The molecule has 1 aromatic carbocycles. The van der Waals surface area contributed by atoms with Crippen LogP contribution >= 0.6 is 11.6 Å². The topological polar surface area (TPSA) is 6.48 Å². The molecule has 0 aromatic heterocycles. The fourth-order valence-corrected chi connectivity index (χ4v) is 2.01. The third-order valence-electron chi connectivity index (χ3n) is 2.88. The molecule has 0 unspecified atom stereocenters. The summed E-state index contributed by atoms with van der Waals surface area (Å²) in [4.78, 5) is 4.76. The largest absolute Gasteiger partial charge is 0.369 e. The van der Waals surface area contributed by atoms with Crippen molar-refractivity contribution in [3.8, 4) is 0 Å². The Kier molecular flexibility index (Phi) is 3.49. The lowest BCUT2D eigenvalue weighted by atomic mass is 10.2. The van der Waals surface area contributed by atoms with Crippen molar-refractivity contribution in [3.63, 3.8) is 0 Å². The summed E-state index contributed by atoms with van der Waals surface area (Å²) in [5.41, 5.74) is 1.27. The van der Waals surface area contributed by atoms with E-state index in [0.717, 1.165) is 37.7 Å². The van der Waals surface area contributed by atoms with E-state index in [-0.39, 0.29) is 0 Å². The predicted molar refractivity (Wildman–Crippen MR) is 65.5 cm³/mol. The van der Waals surface area contributed by atoms with Gasteiger partial charge >= 0.3 is 0 Å². The summed E-state index contributed by atoms with van der Waals surface area (Å²) in [7, 11) is 0. The molecule has 1 fully saturated rings. The van der Waals surface area contributed by atoms with Crippen molar-refractivity contribution in [2.75, 3.05) is 37.6 Å². The maximum Gasteiger partial charge on any atom is 0.0407 e. The average Bonchev–Trinajstić information content (AvgIpc) is 2.30. The van der Waals surface area contributed by atoms with E-state index in [2.05, 4.69) is 28.9 Å². The Labute approximate surface area is 96.4 Å². The number of rotatable bonds is 2. The van der Waals surface area contributed by atoms with Gasteiger partial charge in [0.25, 0.3) is 0 Å². The summed E-state index contributed by atoms with van der Waals surface area (Å²) in [6.45, 7) is 9.19. The summed E-state index contributed by atoms with van der Waals surface area (Å²) < 4.78 is 0. The Bertz CT molecular complexity index is 302. The van der Waals surface area contributed by atoms with Gasteiger partial charge in [-0.1, -0.05) is 11.6 Å². The zero-order chi connectivity index (χ0) is 10.7. The van der Waals surface area contributed by atoms with Crippen LogP contribution in [-0.2, 0) is 0 Å². The molecule has 0 saturated carbocycles. The van der Waals surface area contributed by atoms with Crippen molar-refractivity contribution in [1.82, 2.24) is 4.90 Å². The number of nitrogens with zero attached hydrogens (tertiary/aromatic N) is 2. The molecule has 0 spiro atoms. The number of anilines is 1. The summed E-state index contributed by atoms with van der Waals surface area (Å²) in [5.74, 6) is 0. The molecule has 0 amide bonds. The number of hydrogen-bond acceptors (Lipinski definition) is 2. The van der Waals surface area contributed by atoms with E-state index in [1.165, 1.54) is 5.69 Å². The normalized spacial score (nSPS) is 18.1. The van der Waals surface area contributed by atoms with Crippen molar-refractivity contribution in [2.24, 2.45) is 0 Å². The lowest BCUT2D eigenvalue weighted by Crippen LogP contribution is -2.46. The standard InChI is InChI=1S/C12H16ClN2/c1-2-14-7-9-15(10-8-14)12-5-3-11(13)4-6-12/h3-6H,1-2,7-10H2. The van der Waals surface area contributed by atoms with Crippen molar-refractivity contribution in [1.29, 1.82) is 0 Å². The minimum atomic E-state index is 0.801. The van der Waals surface area contributed by atoms with Gasteiger partial charge in [-0.15, -0.1) is 0 Å². The first kappa shape index (κ1) is 10.8. The minimum absolute atomic E-state index is 0.801. The van der Waals surface area contributed by atoms with E-state index in [4.69, 9.17) is 11.6 Å². The lowest BCUT2D eigenvalue weighted by molar-refractivity contribution is 0.283. The van der Waals surface area contributed by atoms with Crippen LogP contribution in [-0.4, -0.2) is 37.6 Å². The molecule has 15 heavy (non-hydrogen) atoms. The van der Waals surface area contributed by atoms with E-state index in [1.54, 1.807) is 0 Å². The van der Waals surface area contributed by atoms with Crippen LogP contribution in [0.15, 0.2) is 24.3 Å². The van der Waals surface area contributed by atoms with Crippen LogP contribution in [0.4, 0.5) is 5.69 Å². The molecule has 0 aliphatic carbocycles. The molecule has 1 heterocycles. The van der Waals surface area contributed by atoms with Gasteiger partial charge in [-0.05, 0) is 37.7 Å². The highest BCUT2D eigenvalue weighted by atomic mass is 35.5. The quantitative estimate of drug-likeness (QED) is 0.759. The molecule has 2 nitrogen and oxygen atoms in total. The monoisotopic (exact) mass is 223 g/mol. The molecule has 1 radical (unpaired) electrons. The second kappa shape index (κ2) is 4.86. The third-order valence-corrected chi connectivity index (χ3v) is 3.13. The summed E-state index contributed by atoms with van der Waals surface area (Å²) in [6, 6.07) is 8.07. The van der Waals surface area contributed by atoms with E-state index in [1.807, 2.05) is 12.1 Å². The number of benzene rings is 1. The van der Waals surface area contributed by atoms with Crippen LogP contribution in [0.3, 0.4) is 0 Å². The highest BCUT2D eigenvalue weighted by Gasteiger charge is 2.15. The smallest absolute Gasteiger partial charge is 0.0407 e. The maximum absolute atomic E-state index is 5.86. The van der Waals surface area contributed by atoms with Crippen LogP contribution in [0.2, 0.25) is 5.02 Å². The molecule has 1 aliphatic heterocycles. The molecule has 0 bridgehead atoms. The van der Waals surface area contributed by atoms with E-state index in [9.17, 15) is 0 Å². The molecule has 2 rings (SSSR count). The summed E-state index contributed by atoms with van der Waals surface area (Å²) in [6.07, 6.45) is 0. The molecule has 0 atom stereocenters. The van der Waals surface area contributed by atoms with Crippen molar-refractivity contribution in [2.45, 2.75) is 0 Å². The Morgan fingerprint density at radius 3 is 2.20 bits per heavy atom. The zero-order valence-corrected chi connectivity index (χ0v) is 9.58. The Balaban J connectivity index is 1.98. The van der Waals surface area contributed by atoms with Gasteiger partial charge < -0.3 is 4.90 Å². The van der Waals surface area contributed by atoms with E-state index in [0.29, 0.717) is 0 Å². The zero-order valence-electron chi connectivity index (χ0n) is 8.82. The molecule has 1 saturated heterocycles. The van der Waals surface area contributed by atoms with Crippen LogP contribution < -0.4 is 4.90 Å². The van der Waals surface area contributed by atoms with Crippen molar-refractivity contribution in [3.05, 3.63) is 36.2 Å². The Hall–Kier alpha value is -0.730. The van der Waals surface area contributed by atoms with Crippen LogP contribution in [0.5, 0.6) is 0 Å². The first-order valence-electron chi connectivity index (χ1n) is 5.32. The Morgan fingerprint density at radius 2 is 1.67 bits per heavy atom. The van der Waals surface area contributed by atoms with Gasteiger partial charge in [0, 0.05) is 36.9 Å². The van der Waals surface area contributed by atoms with Gasteiger partial charge in [0.15, 0.2) is 0 Å². The second-order valence-corrected chi connectivity index (χ2v) is 4.24. The van der Waals surface area contributed by atoms with E-state index >= 15 is 0 Å². The van der Waals surface area contributed by atoms with Crippen LogP contribution in [0.25, 0.3) is 0 Å². The van der Waals surface area contributed by atoms with Gasteiger partial charge in [-0.2, -0.15) is 0 Å². The minimum Gasteiger partial charge on any atom is -0.369 e. The highest BCUT2D eigenvalue weighted by Crippen LogP contribution is 2.19. The highest BCUT2D eigenvalue weighted by molar-refractivity contribution is 6.30. The number of piperazine rings is 1. The van der Waals surface area contributed by atoms with Gasteiger partial charge in [0.1, 0.15) is 0 Å². The molecule has 3 heteroatoms. The first-order chi connectivity index (χ1) is 7.29. The fourth-order valence-electron chi connectivity index (χ4n) is 1.88. The van der Waals surface area contributed by atoms with Crippen LogP contribution in [0.1, 0.15) is 0 Å². The predicted octanol–water partition coefficient (Wildman–Crippen LogP) is 2.30. The van der Waals surface area contributed by atoms with Gasteiger partial charge in [0.2, 0.25) is 0 Å². The second-order valence-electron chi connectivity index (χ2n) is 3.81. The average molecular weight is 224 g/mol. The number of halogens is 1. The van der Waals surface area contributed by atoms with E-state index < -0.39 is 0 Å². The maximum atomic E-state index is 5.86. The molecule has 1 aromatic rings. The summed E-state index contributed by atoms with van der Waals surface area (Å²) >= 11 is 5.86. The SMILES string of the molecule is [CH2]CN1CCN(c2ccc(Cl)cc2)CC1. The van der Waals surface area contributed by atoms with Crippen molar-refractivity contribution < 1.29 is 0 Å². The molecular weight excluding hydrogens is 208 g/mol. The van der Waals surface area contributed by atoms with Crippen LogP contribution in [0, 0.1) is 6.92 Å². The molecule has 1 aliphatic rings. The van der Waals surface area contributed by atoms with Crippen molar-refractivity contribution >= 4 is 17.3 Å². The van der Waals surface area contributed by atoms with Gasteiger partial charge in [-0.25, -0.2) is 0 Å². The molecular formula is C12H16ClN2. The molecule has 0 N–H and O–H groups in total. The Morgan fingerprint density at radius 1 is 1.07 bits per heavy atom. The first-order valence-corrected chi connectivity index (χ1v) is 5.69. The fraction of sp³-hybridized carbons (Fsp3) is 0.417.